The Morgan fingerprint density at radius 1 is 1.33 bits per heavy atom. The molecule has 0 bridgehead atoms. The van der Waals surface area contributed by atoms with Gasteiger partial charge in [0.15, 0.2) is 0 Å². The molecule has 2 fully saturated rings. The van der Waals surface area contributed by atoms with Gasteiger partial charge in [-0.05, 0) is 44.0 Å². The third-order valence-electron chi connectivity index (χ3n) is 4.13. The van der Waals surface area contributed by atoms with E-state index in [1.165, 1.54) is 32.4 Å². The van der Waals surface area contributed by atoms with Crippen molar-refractivity contribution in [2.75, 3.05) is 24.1 Å². The minimum atomic E-state index is 0.528. The molecule has 3 N–H and O–H groups in total. The van der Waals surface area contributed by atoms with E-state index >= 15 is 0 Å². The highest BCUT2D eigenvalue weighted by molar-refractivity contribution is 5.63. The summed E-state index contributed by atoms with van der Waals surface area (Å²) in [6.07, 6.45) is 3.81. The lowest BCUT2D eigenvalue weighted by Gasteiger charge is -2.22. The quantitative estimate of drug-likeness (QED) is 0.776. The Bertz CT molecular complexity index is 491. The Kier molecular flexibility index (Phi) is 2.85. The maximum Gasteiger partial charge on any atom is 0.101 e. The normalized spacial score (nSPS) is 26.8. The number of nitrogens with zero attached hydrogens (tertiary/aromatic N) is 2. The number of hydrogen-bond acceptors (Lipinski definition) is 4. The number of rotatable bonds is 2. The molecule has 2 saturated heterocycles. The van der Waals surface area contributed by atoms with Crippen molar-refractivity contribution in [1.29, 1.82) is 5.26 Å². The van der Waals surface area contributed by atoms with Gasteiger partial charge in [0.25, 0.3) is 0 Å². The van der Waals surface area contributed by atoms with E-state index in [0.717, 1.165) is 5.69 Å². The zero-order valence-electron chi connectivity index (χ0n) is 10.4. The first kappa shape index (κ1) is 11.4. The summed E-state index contributed by atoms with van der Waals surface area (Å²) in [6.45, 7) is 2.45. The van der Waals surface area contributed by atoms with Crippen LogP contribution in [0.15, 0.2) is 18.2 Å². The molecule has 1 aromatic rings. The predicted molar refractivity (Wildman–Crippen MR) is 72.2 cm³/mol. The molecule has 0 spiro atoms. The number of fused-ring (bicyclic) bond motifs is 1. The van der Waals surface area contributed by atoms with E-state index in [4.69, 9.17) is 11.0 Å². The fourth-order valence-electron chi connectivity index (χ4n) is 3.22. The van der Waals surface area contributed by atoms with Gasteiger partial charge in [0.1, 0.15) is 6.07 Å². The van der Waals surface area contributed by atoms with Crippen LogP contribution in [0.1, 0.15) is 24.8 Å². The van der Waals surface area contributed by atoms with E-state index < -0.39 is 0 Å². The third-order valence-corrected chi connectivity index (χ3v) is 4.13. The van der Waals surface area contributed by atoms with Crippen molar-refractivity contribution in [3.8, 4) is 6.07 Å². The maximum atomic E-state index is 8.86. The summed E-state index contributed by atoms with van der Waals surface area (Å²) < 4.78 is 0. The van der Waals surface area contributed by atoms with Crippen molar-refractivity contribution in [1.82, 2.24) is 4.90 Å². The second-order valence-corrected chi connectivity index (χ2v) is 5.20. The number of nitrogens with one attached hydrogen (secondary N) is 1. The summed E-state index contributed by atoms with van der Waals surface area (Å²) in [6, 6.07) is 8.91. The zero-order chi connectivity index (χ0) is 12.5. The van der Waals surface area contributed by atoms with E-state index in [1.807, 2.05) is 12.1 Å². The Morgan fingerprint density at radius 3 is 3.00 bits per heavy atom. The van der Waals surface area contributed by atoms with Gasteiger partial charge < -0.3 is 11.1 Å². The number of hydrogen-bond donors (Lipinski definition) is 2. The fraction of sp³-hybridized carbons (Fsp3) is 0.500. The molecule has 2 atom stereocenters. The molecule has 2 unspecified atom stereocenters. The first-order valence-corrected chi connectivity index (χ1v) is 6.58. The summed E-state index contributed by atoms with van der Waals surface area (Å²) in [5.41, 5.74) is 7.98. The second kappa shape index (κ2) is 4.51. The minimum absolute atomic E-state index is 0.528. The van der Waals surface area contributed by atoms with Crippen LogP contribution in [0.25, 0.3) is 0 Å². The molecular weight excluding hydrogens is 224 g/mol. The topological polar surface area (TPSA) is 65.1 Å². The molecule has 4 nitrogen and oxygen atoms in total. The highest BCUT2D eigenvalue weighted by Crippen LogP contribution is 2.30. The summed E-state index contributed by atoms with van der Waals surface area (Å²) >= 11 is 0. The van der Waals surface area contributed by atoms with Crippen LogP contribution < -0.4 is 11.1 Å². The molecule has 94 valence electrons. The molecule has 0 amide bonds. The standard InChI is InChI=1S/C14H18N4/c15-9-10-3-4-11(8-12(10)16)17-13-5-7-18-6-1-2-14(13)18/h3-4,8,13-14,17H,1-2,5-7,16H2. The highest BCUT2D eigenvalue weighted by Gasteiger charge is 2.36. The molecule has 2 heterocycles. The first-order chi connectivity index (χ1) is 8.78. The monoisotopic (exact) mass is 242 g/mol. The van der Waals surface area contributed by atoms with E-state index in [-0.39, 0.29) is 0 Å². The lowest BCUT2D eigenvalue weighted by molar-refractivity contribution is 0.318. The van der Waals surface area contributed by atoms with Crippen LogP contribution in [-0.2, 0) is 0 Å². The van der Waals surface area contributed by atoms with E-state index in [0.29, 0.717) is 23.3 Å². The van der Waals surface area contributed by atoms with Gasteiger partial charge >= 0.3 is 0 Å². The molecule has 0 radical (unpaired) electrons. The van der Waals surface area contributed by atoms with Crippen molar-refractivity contribution in [2.24, 2.45) is 0 Å². The van der Waals surface area contributed by atoms with Gasteiger partial charge in [-0.2, -0.15) is 5.26 Å². The number of anilines is 2. The van der Waals surface area contributed by atoms with Crippen LogP contribution in [0.5, 0.6) is 0 Å². The molecule has 2 aliphatic heterocycles. The molecular formula is C14H18N4. The largest absolute Gasteiger partial charge is 0.398 e. The number of nitrogen functional groups attached to an aromatic ring is 1. The van der Waals surface area contributed by atoms with Crippen LogP contribution in [-0.4, -0.2) is 30.1 Å². The molecule has 0 aromatic heterocycles. The van der Waals surface area contributed by atoms with Crippen molar-refractivity contribution in [2.45, 2.75) is 31.3 Å². The van der Waals surface area contributed by atoms with Gasteiger partial charge in [-0.3, -0.25) is 4.90 Å². The summed E-state index contributed by atoms with van der Waals surface area (Å²) in [4.78, 5) is 2.57. The van der Waals surface area contributed by atoms with Crippen molar-refractivity contribution < 1.29 is 0 Å². The Morgan fingerprint density at radius 2 is 2.22 bits per heavy atom. The van der Waals surface area contributed by atoms with Gasteiger partial charge in [-0.15, -0.1) is 0 Å². The SMILES string of the molecule is N#Cc1ccc(NC2CCN3CCCC23)cc1N. The molecule has 2 aliphatic rings. The molecule has 1 aromatic carbocycles. The minimum Gasteiger partial charge on any atom is -0.398 e. The summed E-state index contributed by atoms with van der Waals surface area (Å²) in [5.74, 6) is 0. The van der Waals surface area contributed by atoms with E-state index in [1.54, 1.807) is 6.07 Å². The first-order valence-electron chi connectivity index (χ1n) is 6.58. The Hall–Kier alpha value is -1.73. The van der Waals surface area contributed by atoms with Crippen LogP contribution in [0, 0.1) is 11.3 Å². The van der Waals surface area contributed by atoms with Crippen LogP contribution >= 0.6 is 0 Å². The molecule has 18 heavy (non-hydrogen) atoms. The van der Waals surface area contributed by atoms with Crippen LogP contribution in [0.2, 0.25) is 0 Å². The van der Waals surface area contributed by atoms with Gasteiger partial charge in [-0.25, -0.2) is 0 Å². The van der Waals surface area contributed by atoms with Crippen molar-refractivity contribution >= 4 is 11.4 Å². The molecule has 0 saturated carbocycles. The van der Waals surface area contributed by atoms with Crippen molar-refractivity contribution in [3.05, 3.63) is 23.8 Å². The van der Waals surface area contributed by atoms with E-state index in [2.05, 4.69) is 16.3 Å². The molecule has 0 aliphatic carbocycles. The lowest BCUT2D eigenvalue weighted by Crippen LogP contribution is -2.33. The van der Waals surface area contributed by atoms with Crippen molar-refractivity contribution in [3.63, 3.8) is 0 Å². The van der Waals surface area contributed by atoms with Crippen LogP contribution in [0.4, 0.5) is 11.4 Å². The van der Waals surface area contributed by atoms with Gasteiger partial charge in [0.2, 0.25) is 0 Å². The summed E-state index contributed by atoms with van der Waals surface area (Å²) in [5, 5.41) is 12.4. The third kappa shape index (κ3) is 1.91. The smallest absolute Gasteiger partial charge is 0.101 e. The lowest BCUT2D eigenvalue weighted by atomic mass is 10.1. The average Bonchev–Trinajstić information content (AvgIpc) is 2.94. The maximum absolute atomic E-state index is 8.86. The molecule has 3 rings (SSSR count). The highest BCUT2D eigenvalue weighted by atomic mass is 15.2. The summed E-state index contributed by atoms with van der Waals surface area (Å²) in [7, 11) is 0. The van der Waals surface area contributed by atoms with Gasteiger partial charge in [-0.1, -0.05) is 0 Å². The predicted octanol–water partition coefficient (Wildman–Crippen LogP) is 1.79. The van der Waals surface area contributed by atoms with Gasteiger partial charge in [0.05, 0.1) is 11.3 Å². The number of nitrogens with two attached hydrogens (primary N) is 1. The van der Waals surface area contributed by atoms with Gasteiger partial charge in [0, 0.05) is 24.3 Å². The zero-order valence-corrected chi connectivity index (χ0v) is 10.4. The van der Waals surface area contributed by atoms with Crippen LogP contribution in [0.3, 0.4) is 0 Å². The number of benzene rings is 1. The van der Waals surface area contributed by atoms with E-state index in [9.17, 15) is 0 Å². The Labute approximate surface area is 107 Å². The number of nitriles is 1. The Balaban J connectivity index is 1.73. The second-order valence-electron chi connectivity index (χ2n) is 5.20. The molecule has 4 heteroatoms. The fourth-order valence-corrected chi connectivity index (χ4v) is 3.22. The average molecular weight is 242 g/mol.